The van der Waals surface area contributed by atoms with E-state index in [1.54, 1.807) is 12.7 Å². The number of hydrogen-bond donors (Lipinski definition) is 0. The fourth-order valence-corrected chi connectivity index (χ4v) is 6.86. The molecule has 3 fully saturated rings. The Kier molecular flexibility index (Phi) is 4.72. The minimum absolute atomic E-state index is 0.0524. The largest absolute Gasteiger partial charge is 0.497 e. The summed E-state index contributed by atoms with van der Waals surface area (Å²) in [5.41, 5.74) is 3.47. The lowest BCUT2D eigenvalue weighted by Crippen LogP contribution is -2.46. The maximum atomic E-state index is 6.57. The molecule has 5 rings (SSSR count). The topological polar surface area (TPSA) is 27.7 Å². The molecule has 1 aromatic rings. The number of aryl methyl sites for hydroxylation is 1. The maximum absolute atomic E-state index is 6.57. The van der Waals surface area contributed by atoms with Gasteiger partial charge >= 0.3 is 0 Å². The average Bonchev–Trinajstić information content (AvgIpc) is 3.04. The average molecular weight is 371 g/mol. The standard InChI is InChI=1S/C24H34O3/c1-24-13-12-19-18-9-7-17(25-2)15-16(18)6-8-20(19)21(24)10-11-22(24)27-23-5-3-4-14-26-23/h7,9,15,19-23H,3-6,8,10-14H2,1-2H3/t19-,20-,21+,22+,23?,24+/m1/s1. The highest BCUT2D eigenvalue weighted by molar-refractivity contribution is 5.40. The molecular formula is C24H34O3. The van der Waals surface area contributed by atoms with Crippen molar-refractivity contribution in [3.05, 3.63) is 29.3 Å². The molecule has 4 aliphatic rings. The summed E-state index contributed by atoms with van der Waals surface area (Å²) in [5.74, 6) is 3.38. The third-order valence-corrected chi connectivity index (χ3v) is 8.30. The molecular weight excluding hydrogens is 336 g/mol. The Balaban J connectivity index is 1.35. The molecule has 3 aliphatic carbocycles. The van der Waals surface area contributed by atoms with E-state index in [0.29, 0.717) is 11.5 Å². The molecule has 0 N–H and O–H groups in total. The molecule has 0 aromatic heterocycles. The fourth-order valence-electron chi connectivity index (χ4n) is 6.86. The van der Waals surface area contributed by atoms with Crippen LogP contribution in [0.1, 0.15) is 75.3 Å². The van der Waals surface area contributed by atoms with Gasteiger partial charge < -0.3 is 14.2 Å². The van der Waals surface area contributed by atoms with E-state index >= 15 is 0 Å². The van der Waals surface area contributed by atoms with Crippen molar-refractivity contribution in [3.63, 3.8) is 0 Å². The molecule has 2 saturated carbocycles. The van der Waals surface area contributed by atoms with Gasteiger partial charge in [0.1, 0.15) is 5.75 Å². The maximum Gasteiger partial charge on any atom is 0.157 e. The van der Waals surface area contributed by atoms with Gasteiger partial charge in [0.2, 0.25) is 0 Å². The van der Waals surface area contributed by atoms with Gasteiger partial charge in [0.05, 0.1) is 13.2 Å². The highest BCUT2D eigenvalue weighted by atomic mass is 16.7. The summed E-state index contributed by atoms with van der Waals surface area (Å²) in [6, 6.07) is 6.79. The molecule has 3 heteroatoms. The van der Waals surface area contributed by atoms with Crippen LogP contribution in [0.25, 0.3) is 0 Å². The van der Waals surface area contributed by atoms with Gasteiger partial charge in [-0.15, -0.1) is 0 Å². The second-order valence-corrected chi connectivity index (χ2v) is 9.52. The van der Waals surface area contributed by atoms with Crippen molar-refractivity contribution in [2.24, 2.45) is 17.3 Å². The predicted octanol–water partition coefficient (Wildman–Crippen LogP) is 5.46. The SMILES string of the molecule is COc1ccc2c(c1)CC[C@@H]1[C@@H]2CC[C@]2(C)[C@@H](OC3CCCCO3)CC[C@@H]12. The van der Waals surface area contributed by atoms with Gasteiger partial charge in [-0.05, 0) is 104 Å². The molecule has 1 aromatic carbocycles. The van der Waals surface area contributed by atoms with Crippen LogP contribution in [0.2, 0.25) is 0 Å². The molecule has 0 bridgehead atoms. The van der Waals surface area contributed by atoms with E-state index in [1.807, 2.05) is 0 Å². The van der Waals surface area contributed by atoms with Gasteiger partial charge in [-0.25, -0.2) is 0 Å². The number of fused-ring (bicyclic) bond motifs is 5. The third-order valence-electron chi connectivity index (χ3n) is 8.30. The van der Waals surface area contributed by atoms with Gasteiger partial charge in [-0.2, -0.15) is 0 Å². The summed E-state index contributed by atoms with van der Waals surface area (Å²) >= 11 is 0. The number of ether oxygens (including phenoxy) is 3. The molecule has 6 atom stereocenters. The van der Waals surface area contributed by atoms with Gasteiger partial charge in [0.15, 0.2) is 6.29 Å². The van der Waals surface area contributed by atoms with Gasteiger partial charge in [0.25, 0.3) is 0 Å². The van der Waals surface area contributed by atoms with Crippen LogP contribution < -0.4 is 4.74 Å². The minimum Gasteiger partial charge on any atom is -0.497 e. The molecule has 0 amide bonds. The zero-order chi connectivity index (χ0) is 18.4. The molecule has 0 spiro atoms. The summed E-state index contributed by atoms with van der Waals surface area (Å²) in [5, 5.41) is 0. The van der Waals surface area contributed by atoms with Crippen molar-refractivity contribution in [3.8, 4) is 5.75 Å². The molecule has 3 nitrogen and oxygen atoms in total. The number of rotatable bonds is 3. The molecule has 1 saturated heterocycles. The molecule has 27 heavy (non-hydrogen) atoms. The summed E-state index contributed by atoms with van der Waals surface area (Å²) in [7, 11) is 1.77. The molecule has 148 valence electrons. The first-order valence-corrected chi connectivity index (χ1v) is 11.1. The van der Waals surface area contributed by atoms with Gasteiger partial charge in [0, 0.05) is 6.61 Å². The van der Waals surface area contributed by atoms with E-state index in [1.165, 1.54) is 56.9 Å². The van der Waals surface area contributed by atoms with Gasteiger partial charge in [-0.1, -0.05) is 13.0 Å². The predicted molar refractivity (Wildman–Crippen MR) is 106 cm³/mol. The van der Waals surface area contributed by atoms with Crippen molar-refractivity contribution in [1.29, 1.82) is 0 Å². The normalized spacial score (nSPS) is 40.7. The van der Waals surface area contributed by atoms with Crippen LogP contribution in [0.3, 0.4) is 0 Å². The molecule has 0 radical (unpaired) electrons. The van der Waals surface area contributed by atoms with Crippen LogP contribution in [-0.2, 0) is 15.9 Å². The Hall–Kier alpha value is -1.06. The molecule has 1 heterocycles. The first kappa shape index (κ1) is 18.0. The van der Waals surface area contributed by atoms with E-state index in [4.69, 9.17) is 14.2 Å². The Morgan fingerprint density at radius 2 is 2.00 bits per heavy atom. The second-order valence-electron chi connectivity index (χ2n) is 9.52. The van der Waals surface area contributed by atoms with Crippen molar-refractivity contribution < 1.29 is 14.2 Å². The Bertz CT molecular complexity index is 680. The number of hydrogen-bond acceptors (Lipinski definition) is 3. The van der Waals surface area contributed by atoms with Crippen LogP contribution in [0.5, 0.6) is 5.75 Å². The highest BCUT2D eigenvalue weighted by Crippen LogP contribution is 2.61. The first-order chi connectivity index (χ1) is 13.2. The lowest BCUT2D eigenvalue weighted by atomic mass is 9.55. The van der Waals surface area contributed by atoms with Gasteiger partial charge in [-0.3, -0.25) is 0 Å². The quantitative estimate of drug-likeness (QED) is 0.707. The van der Waals surface area contributed by atoms with E-state index in [0.717, 1.165) is 36.5 Å². The Morgan fingerprint density at radius 3 is 2.81 bits per heavy atom. The van der Waals surface area contributed by atoms with Crippen LogP contribution in [0, 0.1) is 17.3 Å². The molecule has 1 unspecified atom stereocenters. The zero-order valence-corrected chi connectivity index (χ0v) is 16.9. The Morgan fingerprint density at radius 1 is 1.07 bits per heavy atom. The van der Waals surface area contributed by atoms with E-state index in [2.05, 4.69) is 25.1 Å². The van der Waals surface area contributed by atoms with E-state index < -0.39 is 0 Å². The van der Waals surface area contributed by atoms with Crippen LogP contribution >= 0.6 is 0 Å². The van der Waals surface area contributed by atoms with Crippen molar-refractivity contribution >= 4 is 0 Å². The number of benzene rings is 1. The van der Waals surface area contributed by atoms with Crippen molar-refractivity contribution in [2.45, 2.75) is 83.0 Å². The van der Waals surface area contributed by atoms with Crippen LogP contribution in [0.15, 0.2) is 18.2 Å². The minimum atomic E-state index is 0.0524. The highest BCUT2D eigenvalue weighted by Gasteiger charge is 2.55. The fraction of sp³-hybridized carbons (Fsp3) is 0.750. The van der Waals surface area contributed by atoms with E-state index in [-0.39, 0.29) is 6.29 Å². The summed E-state index contributed by atoms with van der Waals surface area (Å²) in [6.07, 6.45) is 11.7. The zero-order valence-electron chi connectivity index (χ0n) is 16.9. The lowest BCUT2D eigenvalue weighted by Gasteiger charge is -2.51. The summed E-state index contributed by atoms with van der Waals surface area (Å²) in [6.45, 7) is 3.40. The van der Waals surface area contributed by atoms with Crippen LogP contribution in [0.4, 0.5) is 0 Å². The van der Waals surface area contributed by atoms with Crippen LogP contribution in [-0.4, -0.2) is 26.1 Å². The second kappa shape index (κ2) is 7.08. The number of methoxy groups -OCH3 is 1. The Labute approximate surface area is 163 Å². The summed E-state index contributed by atoms with van der Waals surface area (Å²) in [4.78, 5) is 0. The lowest BCUT2D eigenvalue weighted by molar-refractivity contribution is -0.212. The smallest absolute Gasteiger partial charge is 0.157 e. The monoisotopic (exact) mass is 370 g/mol. The third kappa shape index (κ3) is 3.02. The molecule has 1 aliphatic heterocycles. The first-order valence-electron chi connectivity index (χ1n) is 11.1. The van der Waals surface area contributed by atoms with E-state index in [9.17, 15) is 0 Å². The van der Waals surface area contributed by atoms with Crippen molar-refractivity contribution in [1.82, 2.24) is 0 Å². The van der Waals surface area contributed by atoms with Crippen molar-refractivity contribution in [2.75, 3.05) is 13.7 Å². The summed E-state index contributed by atoms with van der Waals surface area (Å²) < 4.78 is 17.9.